The third-order valence-electron chi connectivity index (χ3n) is 8.65. The summed E-state index contributed by atoms with van der Waals surface area (Å²) in [5.41, 5.74) is -2.52. The molecule has 1 aromatic rings. The molecule has 10 nitrogen and oxygen atoms in total. The predicted octanol–water partition coefficient (Wildman–Crippen LogP) is 3.27. The molecule has 10 heteroatoms. The minimum Gasteiger partial charge on any atom is -0.375 e. The molecule has 1 aliphatic heterocycles. The second-order valence-corrected chi connectivity index (χ2v) is 11.3. The van der Waals surface area contributed by atoms with Gasteiger partial charge in [-0.3, -0.25) is 25.0 Å². The molecule has 2 fully saturated rings. The number of allylic oxidation sites excluding steroid dienone is 2. The van der Waals surface area contributed by atoms with Crippen molar-refractivity contribution >= 4 is 5.91 Å². The van der Waals surface area contributed by atoms with Crippen molar-refractivity contribution in [2.45, 2.75) is 62.3 Å². The van der Waals surface area contributed by atoms with Gasteiger partial charge in [-0.25, -0.2) is 0 Å². The molecule has 1 N–H and O–H groups in total. The van der Waals surface area contributed by atoms with E-state index in [-0.39, 0.29) is 24.3 Å². The SMILES string of the molecule is C[N+](C)(CC1=CC=CC([N+](=O)[O-])([N+](=O)[O-])C1)C1CCN(C(=O)C(O)(c2ccccc2)C2CCCC2)CC1. The highest BCUT2D eigenvalue weighted by Gasteiger charge is 2.56. The Morgan fingerprint density at radius 3 is 2.24 bits per heavy atom. The number of nitro groups is 2. The Balaban J connectivity index is 1.44. The second kappa shape index (κ2) is 10.3. The highest BCUT2D eigenvalue weighted by molar-refractivity contribution is 5.87. The number of piperidine rings is 1. The van der Waals surface area contributed by atoms with Crippen molar-refractivity contribution < 1.29 is 24.2 Å². The molecule has 0 bridgehead atoms. The maximum Gasteiger partial charge on any atom is 0.481 e. The van der Waals surface area contributed by atoms with Crippen LogP contribution in [0, 0.1) is 26.1 Å². The molecule has 1 heterocycles. The minimum absolute atomic E-state index is 0.0953. The summed E-state index contributed by atoms with van der Waals surface area (Å²) in [6.45, 7) is 1.47. The van der Waals surface area contributed by atoms with E-state index >= 15 is 0 Å². The zero-order valence-corrected chi connectivity index (χ0v) is 21.6. The van der Waals surface area contributed by atoms with E-state index in [1.807, 2.05) is 44.4 Å². The van der Waals surface area contributed by atoms with Gasteiger partial charge in [-0.1, -0.05) is 55.3 Å². The summed E-state index contributed by atoms with van der Waals surface area (Å²) in [7, 11) is 4.06. The average molecular weight is 514 g/mol. The molecule has 200 valence electrons. The molecule has 1 atom stereocenters. The summed E-state index contributed by atoms with van der Waals surface area (Å²) in [6.07, 6.45) is 9.07. The highest BCUT2D eigenvalue weighted by Crippen LogP contribution is 2.42. The number of likely N-dealkylation sites (N-methyl/N-ethyl adjacent to an activating group) is 1. The third kappa shape index (κ3) is 5.04. The smallest absolute Gasteiger partial charge is 0.375 e. The van der Waals surface area contributed by atoms with Gasteiger partial charge in [0.1, 0.15) is 22.8 Å². The minimum atomic E-state index is -2.32. The van der Waals surface area contributed by atoms with E-state index in [0.717, 1.165) is 31.8 Å². The fourth-order valence-electron chi connectivity index (χ4n) is 6.45. The monoisotopic (exact) mass is 513 g/mol. The van der Waals surface area contributed by atoms with Crippen molar-refractivity contribution in [3.63, 3.8) is 0 Å². The van der Waals surface area contributed by atoms with E-state index in [1.165, 1.54) is 6.08 Å². The molecule has 1 saturated carbocycles. The predicted molar refractivity (Wildman–Crippen MR) is 137 cm³/mol. The van der Waals surface area contributed by atoms with Gasteiger partial charge >= 0.3 is 5.66 Å². The van der Waals surface area contributed by atoms with Crippen molar-refractivity contribution in [1.82, 2.24) is 4.90 Å². The normalized spacial score (nSPS) is 22.4. The molecular weight excluding hydrogens is 476 g/mol. The zero-order chi connectivity index (χ0) is 26.8. The van der Waals surface area contributed by atoms with Crippen molar-refractivity contribution in [3.8, 4) is 0 Å². The lowest BCUT2D eigenvalue weighted by Gasteiger charge is -2.45. The quantitative estimate of drug-likeness (QED) is 0.246. The van der Waals surface area contributed by atoms with Crippen molar-refractivity contribution in [3.05, 3.63) is 79.9 Å². The lowest BCUT2D eigenvalue weighted by Crippen LogP contribution is -2.58. The number of rotatable bonds is 8. The Labute approximate surface area is 217 Å². The van der Waals surface area contributed by atoms with Gasteiger partial charge in [-0.15, -0.1) is 0 Å². The topological polar surface area (TPSA) is 127 Å². The highest BCUT2D eigenvalue weighted by atomic mass is 16.7. The Hall–Kier alpha value is -3.11. The van der Waals surface area contributed by atoms with Crippen LogP contribution in [0.15, 0.2) is 54.1 Å². The standard InChI is InChI=1S/C27H37N4O6/c1-31(2,20-21-9-8-16-26(19-21,29(34)35)30(36)37)24-14-17-28(18-15-24)25(32)27(33,23-12-6-7-13-23)22-10-4-3-5-11-22/h3-5,8-11,16,23-24,33H,6-7,12-15,17-20H2,1-2H3/q+1. The molecular formula is C27H37N4O6+. The van der Waals surface area contributed by atoms with Gasteiger partial charge in [-0.05, 0) is 24.0 Å². The van der Waals surface area contributed by atoms with Gasteiger partial charge < -0.3 is 14.5 Å². The maximum absolute atomic E-state index is 13.8. The molecule has 4 rings (SSSR count). The second-order valence-electron chi connectivity index (χ2n) is 11.3. The van der Waals surface area contributed by atoms with E-state index in [2.05, 4.69) is 0 Å². The molecule has 1 aromatic carbocycles. The lowest BCUT2D eigenvalue weighted by atomic mass is 9.78. The Morgan fingerprint density at radius 2 is 1.68 bits per heavy atom. The molecule has 3 aliphatic rings. The van der Waals surface area contributed by atoms with Crippen LogP contribution in [0.1, 0.15) is 50.5 Å². The van der Waals surface area contributed by atoms with Crippen LogP contribution in [-0.2, 0) is 10.4 Å². The maximum atomic E-state index is 13.8. The van der Waals surface area contributed by atoms with E-state index in [1.54, 1.807) is 11.0 Å². The fraction of sp³-hybridized carbons (Fsp3) is 0.593. The number of hydrogen-bond acceptors (Lipinski definition) is 6. The van der Waals surface area contributed by atoms with Crippen molar-refractivity contribution in [2.75, 3.05) is 33.7 Å². The first kappa shape index (κ1) is 26.9. The Bertz CT molecular complexity index is 1070. The molecule has 0 radical (unpaired) electrons. The summed E-state index contributed by atoms with van der Waals surface area (Å²) in [5.74, 6) is -0.321. The number of hydrogen-bond donors (Lipinski definition) is 1. The molecule has 1 amide bonds. The zero-order valence-electron chi connectivity index (χ0n) is 21.6. The molecule has 2 aliphatic carbocycles. The number of aliphatic hydroxyl groups is 1. The van der Waals surface area contributed by atoms with Gasteiger partial charge in [0.2, 0.25) is 0 Å². The van der Waals surface area contributed by atoms with Gasteiger partial charge in [0.05, 0.1) is 26.2 Å². The Kier molecular flexibility index (Phi) is 7.52. The van der Waals surface area contributed by atoms with Gasteiger partial charge in [0.25, 0.3) is 5.91 Å². The Morgan fingerprint density at radius 1 is 1.08 bits per heavy atom. The largest absolute Gasteiger partial charge is 0.481 e. The van der Waals surface area contributed by atoms with E-state index in [0.29, 0.717) is 48.1 Å². The van der Waals surface area contributed by atoms with Crippen molar-refractivity contribution in [1.29, 1.82) is 0 Å². The van der Waals surface area contributed by atoms with Crippen LogP contribution in [-0.4, -0.2) is 75.7 Å². The first-order valence-corrected chi connectivity index (χ1v) is 13.1. The first-order valence-electron chi connectivity index (χ1n) is 13.1. The molecule has 37 heavy (non-hydrogen) atoms. The third-order valence-corrected chi connectivity index (χ3v) is 8.65. The summed E-state index contributed by atoms with van der Waals surface area (Å²) in [5, 5.41) is 34.9. The van der Waals surface area contributed by atoms with Gasteiger partial charge in [0.15, 0.2) is 5.60 Å². The summed E-state index contributed by atoms with van der Waals surface area (Å²) in [6, 6.07) is 9.45. The van der Waals surface area contributed by atoms with Crippen LogP contribution in [0.25, 0.3) is 0 Å². The van der Waals surface area contributed by atoms with Crippen LogP contribution in [0.5, 0.6) is 0 Å². The summed E-state index contributed by atoms with van der Waals surface area (Å²) >= 11 is 0. The molecule has 0 spiro atoms. The van der Waals surface area contributed by atoms with E-state index < -0.39 is 21.1 Å². The van der Waals surface area contributed by atoms with Crippen LogP contribution in [0.3, 0.4) is 0 Å². The number of likely N-dealkylation sites (tertiary alicyclic amines) is 1. The first-order chi connectivity index (χ1) is 17.5. The molecule has 0 aromatic heterocycles. The summed E-state index contributed by atoms with van der Waals surface area (Å²) in [4.78, 5) is 37.0. The number of benzene rings is 1. The number of quaternary nitrogens is 1. The molecule has 1 saturated heterocycles. The average Bonchev–Trinajstić information content (AvgIpc) is 3.44. The lowest BCUT2D eigenvalue weighted by molar-refractivity contribution is -0.912. The summed E-state index contributed by atoms with van der Waals surface area (Å²) < 4.78 is 0.513. The van der Waals surface area contributed by atoms with Gasteiger partial charge in [0, 0.05) is 31.8 Å². The van der Waals surface area contributed by atoms with Crippen molar-refractivity contribution in [2.24, 2.45) is 5.92 Å². The van der Waals surface area contributed by atoms with Crippen LogP contribution < -0.4 is 0 Å². The number of carbonyl (C=O) groups excluding carboxylic acids is 1. The van der Waals surface area contributed by atoms with E-state index in [9.17, 15) is 30.1 Å². The molecule has 1 unspecified atom stereocenters. The number of amides is 1. The van der Waals surface area contributed by atoms with E-state index in [4.69, 9.17) is 0 Å². The fourth-order valence-corrected chi connectivity index (χ4v) is 6.45. The number of nitrogens with zero attached hydrogens (tertiary/aromatic N) is 4. The van der Waals surface area contributed by atoms with Gasteiger partial charge in [-0.2, -0.15) is 0 Å². The number of carbonyl (C=O) groups is 1. The van der Waals surface area contributed by atoms with Crippen LogP contribution >= 0.6 is 0 Å². The van der Waals surface area contributed by atoms with Crippen LogP contribution in [0.2, 0.25) is 0 Å². The van der Waals surface area contributed by atoms with Crippen LogP contribution in [0.4, 0.5) is 0 Å².